The van der Waals surface area contributed by atoms with Crippen LogP contribution in [-0.2, 0) is 9.53 Å². The van der Waals surface area contributed by atoms with Crippen LogP contribution >= 0.6 is 11.3 Å². The zero-order valence-corrected chi connectivity index (χ0v) is 18.2. The van der Waals surface area contributed by atoms with Gasteiger partial charge in [-0.25, -0.2) is 9.48 Å². The highest BCUT2D eigenvalue weighted by Gasteiger charge is 2.22. The third-order valence-corrected chi connectivity index (χ3v) is 5.63. The number of amides is 1. The van der Waals surface area contributed by atoms with Crippen molar-refractivity contribution < 1.29 is 19.2 Å². The van der Waals surface area contributed by atoms with Crippen LogP contribution in [0, 0.1) is 17.0 Å². The van der Waals surface area contributed by atoms with Gasteiger partial charge in [-0.15, -0.1) is 11.3 Å². The summed E-state index contributed by atoms with van der Waals surface area (Å²) in [4.78, 5) is 36.8. The number of benzene rings is 2. The minimum Gasteiger partial charge on any atom is -0.451 e. The second-order valence-corrected chi connectivity index (χ2v) is 7.94. The first-order valence-corrected chi connectivity index (χ1v) is 10.7. The van der Waals surface area contributed by atoms with Crippen molar-refractivity contribution in [1.29, 1.82) is 0 Å². The van der Waals surface area contributed by atoms with E-state index >= 15 is 0 Å². The molecule has 4 aromatic rings. The van der Waals surface area contributed by atoms with Crippen molar-refractivity contribution in [3.05, 3.63) is 93.5 Å². The summed E-state index contributed by atoms with van der Waals surface area (Å²) in [5.74, 6) is -1.44. The Morgan fingerprint density at radius 3 is 2.61 bits per heavy atom. The average molecular weight is 462 g/mol. The monoisotopic (exact) mass is 462 g/mol. The highest BCUT2D eigenvalue weighted by molar-refractivity contribution is 7.13. The summed E-state index contributed by atoms with van der Waals surface area (Å²) in [6, 6.07) is 18.9. The number of hydrogen-bond acceptors (Lipinski definition) is 7. The largest absolute Gasteiger partial charge is 0.451 e. The fraction of sp³-hybridized carbons (Fsp3) is 0.0870. The number of aryl methyl sites for hydroxylation is 1. The van der Waals surface area contributed by atoms with Crippen LogP contribution in [0.4, 0.5) is 11.4 Å². The number of ether oxygens (including phenoxy) is 1. The van der Waals surface area contributed by atoms with Gasteiger partial charge in [0.15, 0.2) is 12.3 Å². The summed E-state index contributed by atoms with van der Waals surface area (Å²) in [6.45, 7) is 1.03. The predicted molar refractivity (Wildman–Crippen MR) is 124 cm³/mol. The van der Waals surface area contributed by atoms with Crippen LogP contribution in [-0.4, -0.2) is 33.2 Å². The molecule has 33 heavy (non-hydrogen) atoms. The Morgan fingerprint density at radius 2 is 1.91 bits per heavy atom. The molecular formula is C23H18N4O5S. The van der Waals surface area contributed by atoms with E-state index in [1.807, 2.05) is 35.7 Å². The Balaban J connectivity index is 1.53. The zero-order valence-electron chi connectivity index (χ0n) is 17.4. The number of nitro benzene ring substituents is 1. The zero-order chi connectivity index (χ0) is 23.4. The normalized spacial score (nSPS) is 10.6. The van der Waals surface area contributed by atoms with E-state index in [-0.39, 0.29) is 17.1 Å². The topological polar surface area (TPSA) is 116 Å². The third-order valence-electron chi connectivity index (χ3n) is 4.74. The van der Waals surface area contributed by atoms with Crippen molar-refractivity contribution in [3.8, 4) is 16.3 Å². The van der Waals surface area contributed by atoms with Gasteiger partial charge >= 0.3 is 5.97 Å². The average Bonchev–Trinajstić information content (AvgIpc) is 3.49. The summed E-state index contributed by atoms with van der Waals surface area (Å²) in [5, 5.41) is 20.1. The number of nitro groups is 1. The van der Waals surface area contributed by atoms with E-state index < -0.39 is 23.4 Å². The lowest BCUT2D eigenvalue weighted by molar-refractivity contribution is -0.384. The van der Waals surface area contributed by atoms with Crippen molar-refractivity contribution in [3.63, 3.8) is 0 Å². The van der Waals surface area contributed by atoms with Crippen LogP contribution in [0.15, 0.2) is 72.1 Å². The molecule has 166 valence electrons. The summed E-state index contributed by atoms with van der Waals surface area (Å²) in [5.41, 5.74) is 1.76. The summed E-state index contributed by atoms with van der Waals surface area (Å²) >= 11 is 1.48. The Bertz CT molecular complexity index is 1320. The van der Waals surface area contributed by atoms with Crippen LogP contribution in [0.1, 0.15) is 16.1 Å². The third kappa shape index (κ3) is 4.80. The molecule has 2 heterocycles. The second-order valence-electron chi connectivity index (χ2n) is 6.99. The fourth-order valence-corrected chi connectivity index (χ4v) is 3.87. The van der Waals surface area contributed by atoms with Crippen LogP contribution in [0.3, 0.4) is 0 Å². The quantitative estimate of drug-likeness (QED) is 0.243. The van der Waals surface area contributed by atoms with Crippen LogP contribution < -0.4 is 5.32 Å². The highest BCUT2D eigenvalue weighted by Crippen LogP contribution is 2.28. The number of anilines is 1. The van der Waals surface area contributed by atoms with Gasteiger partial charge in [0.1, 0.15) is 11.4 Å². The molecule has 1 N–H and O–H groups in total. The first-order valence-electron chi connectivity index (χ1n) is 9.84. The van der Waals surface area contributed by atoms with E-state index in [2.05, 4.69) is 10.4 Å². The van der Waals surface area contributed by atoms with Gasteiger partial charge in [-0.3, -0.25) is 14.9 Å². The number of thiophene rings is 1. The Kier molecular flexibility index (Phi) is 6.27. The van der Waals surface area contributed by atoms with Crippen molar-refractivity contribution in [2.24, 2.45) is 0 Å². The number of nitrogens with one attached hydrogen (secondary N) is 1. The second kappa shape index (κ2) is 9.45. The number of rotatable bonds is 7. The Labute approximate surface area is 192 Å². The first kappa shape index (κ1) is 21.9. The SMILES string of the molecule is Cc1cccc([N+](=O)[O-])c1NC(=O)COC(=O)c1cc(-c2cccs2)nn1-c1ccccc1. The lowest BCUT2D eigenvalue weighted by Crippen LogP contribution is -2.23. The van der Waals surface area contributed by atoms with E-state index in [1.165, 1.54) is 28.2 Å². The minimum absolute atomic E-state index is 0.0675. The molecule has 9 nitrogen and oxygen atoms in total. The number of esters is 1. The maximum absolute atomic E-state index is 12.9. The van der Waals surface area contributed by atoms with Crippen LogP contribution in [0.2, 0.25) is 0 Å². The van der Waals surface area contributed by atoms with Gasteiger partial charge < -0.3 is 10.1 Å². The van der Waals surface area contributed by atoms with E-state index in [0.717, 1.165) is 4.88 Å². The summed E-state index contributed by atoms with van der Waals surface area (Å²) in [7, 11) is 0. The molecule has 0 aliphatic carbocycles. The number of carbonyl (C=O) groups excluding carboxylic acids is 2. The molecule has 0 bridgehead atoms. The molecule has 0 saturated carbocycles. The molecule has 0 aliphatic heterocycles. The molecule has 0 fully saturated rings. The van der Waals surface area contributed by atoms with Crippen molar-refractivity contribution >= 4 is 34.6 Å². The number of para-hydroxylation sites is 2. The van der Waals surface area contributed by atoms with Gasteiger partial charge in [-0.1, -0.05) is 36.4 Å². The van der Waals surface area contributed by atoms with Crippen molar-refractivity contribution in [2.75, 3.05) is 11.9 Å². The number of aromatic nitrogens is 2. The van der Waals surface area contributed by atoms with Crippen molar-refractivity contribution in [2.45, 2.75) is 6.92 Å². The van der Waals surface area contributed by atoms with E-state index in [9.17, 15) is 19.7 Å². The minimum atomic E-state index is -0.747. The van der Waals surface area contributed by atoms with E-state index in [4.69, 9.17) is 4.74 Å². The maximum Gasteiger partial charge on any atom is 0.357 e. The molecule has 0 radical (unpaired) electrons. The number of nitrogens with zero attached hydrogens (tertiary/aromatic N) is 3. The molecule has 2 aromatic carbocycles. The molecule has 10 heteroatoms. The van der Waals surface area contributed by atoms with Gasteiger partial charge in [0, 0.05) is 12.1 Å². The lowest BCUT2D eigenvalue weighted by atomic mass is 10.1. The van der Waals surface area contributed by atoms with Crippen molar-refractivity contribution in [1.82, 2.24) is 9.78 Å². The smallest absolute Gasteiger partial charge is 0.357 e. The first-order chi connectivity index (χ1) is 15.9. The molecule has 0 unspecified atom stereocenters. The number of hydrogen-bond donors (Lipinski definition) is 1. The predicted octanol–water partition coefficient (Wildman–Crippen LogP) is 4.61. The maximum atomic E-state index is 12.9. The van der Waals surface area contributed by atoms with Gasteiger partial charge in [0.25, 0.3) is 11.6 Å². The van der Waals surface area contributed by atoms with Gasteiger partial charge in [-0.2, -0.15) is 5.10 Å². The van der Waals surface area contributed by atoms with Crippen LogP contribution in [0.5, 0.6) is 0 Å². The molecule has 0 spiro atoms. The summed E-state index contributed by atoms with van der Waals surface area (Å²) in [6.07, 6.45) is 0. The molecule has 0 saturated heterocycles. The van der Waals surface area contributed by atoms with Gasteiger partial charge in [0.05, 0.1) is 15.5 Å². The molecule has 1 amide bonds. The molecule has 0 atom stereocenters. The van der Waals surface area contributed by atoms with E-state index in [0.29, 0.717) is 16.9 Å². The highest BCUT2D eigenvalue weighted by atomic mass is 32.1. The lowest BCUT2D eigenvalue weighted by Gasteiger charge is -2.10. The fourth-order valence-electron chi connectivity index (χ4n) is 3.18. The summed E-state index contributed by atoms with van der Waals surface area (Å²) < 4.78 is 6.68. The van der Waals surface area contributed by atoms with Crippen LogP contribution in [0.25, 0.3) is 16.3 Å². The molecule has 2 aromatic heterocycles. The standard InChI is InChI=1S/C23H18N4O5S/c1-15-7-5-10-18(27(30)31)22(15)24-21(28)14-32-23(29)19-13-17(20-11-6-12-33-20)25-26(19)16-8-3-2-4-9-16/h2-13H,14H2,1H3,(H,24,28). The number of carbonyl (C=O) groups is 2. The van der Waals surface area contributed by atoms with Gasteiger partial charge in [-0.05, 0) is 36.1 Å². The van der Waals surface area contributed by atoms with E-state index in [1.54, 1.807) is 31.2 Å². The Morgan fingerprint density at radius 1 is 1.12 bits per heavy atom. The molecule has 4 rings (SSSR count). The Hall–Kier alpha value is -4.31. The molecule has 0 aliphatic rings. The van der Waals surface area contributed by atoms with Gasteiger partial charge in [0.2, 0.25) is 0 Å². The molecular weight excluding hydrogens is 444 g/mol.